The SMILES string of the molecule is COc1ccc([C@@H]2CC(=O)C3=C(C2)NC(C)=C(C#N)[C@@H]3c2ccccc2Cl)cc1. The second kappa shape index (κ2) is 7.77. The number of benzene rings is 2. The summed E-state index contributed by atoms with van der Waals surface area (Å²) in [5, 5.41) is 13.7. The highest BCUT2D eigenvalue weighted by Crippen LogP contribution is 2.46. The Bertz CT molecular complexity index is 1080. The number of Topliss-reactive ketones (excluding diaryl/α,β-unsaturated/α-hetero) is 1. The predicted molar refractivity (Wildman–Crippen MR) is 113 cm³/mol. The molecule has 146 valence electrons. The van der Waals surface area contributed by atoms with E-state index in [4.69, 9.17) is 16.3 Å². The molecule has 0 unspecified atom stereocenters. The van der Waals surface area contributed by atoms with E-state index in [0.29, 0.717) is 29.0 Å². The summed E-state index contributed by atoms with van der Waals surface area (Å²) in [7, 11) is 1.64. The molecule has 1 N–H and O–H groups in total. The van der Waals surface area contributed by atoms with Crippen LogP contribution >= 0.6 is 11.6 Å². The fraction of sp³-hybridized carbons (Fsp3) is 0.250. The monoisotopic (exact) mass is 404 g/mol. The molecule has 0 radical (unpaired) electrons. The van der Waals surface area contributed by atoms with Crippen molar-refractivity contribution in [3.05, 3.63) is 87.2 Å². The first-order chi connectivity index (χ1) is 14.0. The first kappa shape index (κ1) is 19.3. The van der Waals surface area contributed by atoms with Gasteiger partial charge in [-0.15, -0.1) is 0 Å². The van der Waals surface area contributed by atoms with Crippen LogP contribution in [0.15, 0.2) is 71.1 Å². The summed E-state index contributed by atoms with van der Waals surface area (Å²) in [6.45, 7) is 1.88. The van der Waals surface area contributed by atoms with Crippen LogP contribution in [0.2, 0.25) is 5.02 Å². The van der Waals surface area contributed by atoms with Crippen molar-refractivity contribution in [2.75, 3.05) is 7.11 Å². The molecule has 0 saturated heterocycles. The molecule has 4 rings (SSSR count). The number of halogens is 1. The third kappa shape index (κ3) is 3.43. The van der Waals surface area contributed by atoms with Crippen LogP contribution in [0.1, 0.15) is 42.7 Å². The van der Waals surface area contributed by atoms with E-state index >= 15 is 0 Å². The number of carbonyl (C=O) groups excluding carboxylic acids is 1. The van der Waals surface area contributed by atoms with E-state index in [-0.39, 0.29) is 11.7 Å². The highest BCUT2D eigenvalue weighted by Gasteiger charge is 2.39. The number of ketones is 1. The van der Waals surface area contributed by atoms with E-state index in [0.717, 1.165) is 28.3 Å². The Morgan fingerprint density at radius 1 is 1.14 bits per heavy atom. The van der Waals surface area contributed by atoms with Gasteiger partial charge in [0.15, 0.2) is 5.78 Å². The highest BCUT2D eigenvalue weighted by atomic mass is 35.5. The lowest BCUT2D eigenvalue weighted by atomic mass is 9.72. The number of nitrogens with one attached hydrogen (secondary N) is 1. The molecule has 4 nitrogen and oxygen atoms in total. The Kier molecular flexibility index (Phi) is 5.17. The maximum absolute atomic E-state index is 13.3. The van der Waals surface area contributed by atoms with Gasteiger partial charge in [-0.25, -0.2) is 0 Å². The van der Waals surface area contributed by atoms with Crippen LogP contribution in [-0.4, -0.2) is 12.9 Å². The molecule has 0 bridgehead atoms. The molecule has 29 heavy (non-hydrogen) atoms. The largest absolute Gasteiger partial charge is 0.497 e. The molecule has 1 heterocycles. The molecule has 2 atom stereocenters. The van der Waals surface area contributed by atoms with Crippen molar-refractivity contribution in [3.8, 4) is 11.8 Å². The van der Waals surface area contributed by atoms with Gasteiger partial charge in [-0.2, -0.15) is 5.26 Å². The minimum absolute atomic E-state index is 0.0599. The van der Waals surface area contributed by atoms with E-state index < -0.39 is 5.92 Å². The third-order valence-electron chi connectivity index (χ3n) is 5.75. The molecular weight excluding hydrogens is 384 g/mol. The van der Waals surface area contributed by atoms with Crippen LogP contribution in [0.4, 0.5) is 0 Å². The van der Waals surface area contributed by atoms with Crippen LogP contribution in [0.5, 0.6) is 5.75 Å². The zero-order valence-corrected chi connectivity index (χ0v) is 17.1. The number of hydrogen-bond donors (Lipinski definition) is 1. The summed E-state index contributed by atoms with van der Waals surface area (Å²) < 4.78 is 5.24. The molecule has 1 aliphatic heterocycles. The van der Waals surface area contributed by atoms with Gasteiger partial charge in [-0.3, -0.25) is 4.79 Å². The fourth-order valence-corrected chi connectivity index (χ4v) is 4.56. The van der Waals surface area contributed by atoms with Gasteiger partial charge in [0.05, 0.1) is 24.7 Å². The molecule has 2 aromatic carbocycles. The summed E-state index contributed by atoms with van der Waals surface area (Å²) in [5.74, 6) is 0.518. The first-order valence-corrected chi connectivity index (χ1v) is 9.93. The fourth-order valence-electron chi connectivity index (χ4n) is 4.32. The standard InChI is InChI=1S/C24H21ClN2O2/c1-14-19(13-26)23(18-5-3-4-6-20(18)25)24-21(27-14)11-16(12-22(24)28)15-7-9-17(29-2)10-8-15/h3-10,16,23,27H,11-12H2,1-2H3/t16-,23-/m0/s1. The van der Waals surface area contributed by atoms with Gasteiger partial charge in [-0.05, 0) is 48.6 Å². The molecule has 0 spiro atoms. The number of ether oxygens (including phenoxy) is 1. The quantitative estimate of drug-likeness (QED) is 0.760. The first-order valence-electron chi connectivity index (χ1n) is 9.56. The van der Waals surface area contributed by atoms with Gasteiger partial charge in [-0.1, -0.05) is 41.9 Å². The van der Waals surface area contributed by atoms with E-state index in [1.54, 1.807) is 13.2 Å². The Balaban J connectivity index is 1.76. The van der Waals surface area contributed by atoms with Crippen molar-refractivity contribution < 1.29 is 9.53 Å². The number of nitriles is 1. The van der Waals surface area contributed by atoms with Crippen molar-refractivity contribution in [1.82, 2.24) is 5.32 Å². The molecule has 0 amide bonds. The van der Waals surface area contributed by atoms with Gasteiger partial charge >= 0.3 is 0 Å². The Morgan fingerprint density at radius 2 is 1.86 bits per heavy atom. The molecule has 1 aliphatic carbocycles. The number of allylic oxidation sites excluding steroid dienone is 4. The van der Waals surface area contributed by atoms with Gasteiger partial charge in [0.1, 0.15) is 5.75 Å². The molecular formula is C24H21ClN2O2. The van der Waals surface area contributed by atoms with Crippen molar-refractivity contribution >= 4 is 17.4 Å². The maximum Gasteiger partial charge on any atom is 0.162 e. The lowest BCUT2D eigenvalue weighted by molar-refractivity contribution is -0.116. The van der Waals surface area contributed by atoms with Crippen LogP contribution in [-0.2, 0) is 4.79 Å². The molecule has 0 saturated carbocycles. The number of rotatable bonds is 3. The van der Waals surface area contributed by atoms with Crippen molar-refractivity contribution in [3.63, 3.8) is 0 Å². The van der Waals surface area contributed by atoms with Crippen LogP contribution in [0.3, 0.4) is 0 Å². The normalized spacial score (nSPS) is 21.4. The number of nitrogens with zero attached hydrogens (tertiary/aromatic N) is 1. The van der Waals surface area contributed by atoms with Crippen LogP contribution in [0, 0.1) is 11.3 Å². The molecule has 2 aliphatic rings. The van der Waals surface area contributed by atoms with E-state index in [1.807, 2.05) is 49.4 Å². The third-order valence-corrected chi connectivity index (χ3v) is 6.10. The van der Waals surface area contributed by atoms with E-state index in [2.05, 4.69) is 11.4 Å². The van der Waals surface area contributed by atoms with Gasteiger partial charge in [0, 0.05) is 28.4 Å². The summed E-state index contributed by atoms with van der Waals surface area (Å²) in [6.07, 6.45) is 1.12. The number of carbonyl (C=O) groups is 1. The minimum atomic E-state index is -0.422. The predicted octanol–water partition coefficient (Wildman–Crippen LogP) is 5.23. The zero-order valence-electron chi connectivity index (χ0n) is 16.3. The second-order valence-corrected chi connectivity index (χ2v) is 7.83. The Hall–Kier alpha value is -3.03. The summed E-state index contributed by atoms with van der Waals surface area (Å²) in [4.78, 5) is 13.3. The minimum Gasteiger partial charge on any atom is -0.497 e. The van der Waals surface area contributed by atoms with E-state index in [9.17, 15) is 10.1 Å². The highest BCUT2D eigenvalue weighted by molar-refractivity contribution is 6.31. The number of methoxy groups -OCH3 is 1. The second-order valence-electron chi connectivity index (χ2n) is 7.42. The van der Waals surface area contributed by atoms with Crippen molar-refractivity contribution in [2.45, 2.75) is 31.6 Å². The summed E-state index contributed by atoms with van der Waals surface area (Å²) >= 11 is 6.46. The topological polar surface area (TPSA) is 62.1 Å². The van der Waals surface area contributed by atoms with Crippen molar-refractivity contribution in [1.29, 1.82) is 5.26 Å². The van der Waals surface area contributed by atoms with Crippen LogP contribution in [0.25, 0.3) is 0 Å². The lowest BCUT2D eigenvalue weighted by Crippen LogP contribution is -2.33. The van der Waals surface area contributed by atoms with Crippen molar-refractivity contribution in [2.24, 2.45) is 0 Å². The van der Waals surface area contributed by atoms with Crippen LogP contribution < -0.4 is 10.1 Å². The van der Waals surface area contributed by atoms with Gasteiger partial charge < -0.3 is 10.1 Å². The molecule has 0 aromatic heterocycles. The average molecular weight is 405 g/mol. The number of dihydropyridines is 1. The smallest absolute Gasteiger partial charge is 0.162 e. The lowest BCUT2D eigenvalue weighted by Gasteiger charge is -2.36. The van der Waals surface area contributed by atoms with Gasteiger partial charge in [0.2, 0.25) is 0 Å². The Morgan fingerprint density at radius 3 is 2.52 bits per heavy atom. The van der Waals surface area contributed by atoms with E-state index in [1.165, 1.54) is 0 Å². The summed E-state index contributed by atoms with van der Waals surface area (Å²) in [5.41, 5.74) is 4.80. The average Bonchev–Trinajstić information content (AvgIpc) is 2.73. The Labute approximate surface area is 175 Å². The maximum atomic E-state index is 13.3. The van der Waals surface area contributed by atoms with Gasteiger partial charge in [0.25, 0.3) is 0 Å². The molecule has 0 fully saturated rings. The zero-order chi connectivity index (χ0) is 20.5. The molecule has 5 heteroatoms. The summed E-state index contributed by atoms with van der Waals surface area (Å²) in [6, 6.07) is 17.6. The molecule has 2 aromatic rings. The number of hydrogen-bond acceptors (Lipinski definition) is 4.